The zero-order valence-electron chi connectivity index (χ0n) is 17.6. The summed E-state index contributed by atoms with van der Waals surface area (Å²) in [7, 11) is -0.0588. The minimum atomic E-state index is -3.34. The maximum atomic E-state index is 12.9. The lowest BCUT2D eigenvalue weighted by molar-refractivity contribution is 0.414. The van der Waals surface area contributed by atoms with E-state index in [4.69, 9.17) is 4.74 Å². The van der Waals surface area contributed by atoms with Crippen LogP contribution in [-0.4, -0.2) is 35.9 Å². The summed E-state index contributed by atoms with van der Waals surface area (Å²) in [6.45, 7) is 1.88. The first-order valence-corrected chi connectivity index (χ1v) is 11.4. The van der Waals surface area contributed by atoms with Crippen LogP contribution in [0.3, 0.4) is 0 Å². The molecular weight excluding hydrogens is 416 g/mol. The van der Waals surface area contributed by atoms with Crippen molar-refractivity contribution in [1.82, 2.24) is 14.1 Å². The molecule has 0 spiro atoms. The second kappa shape index (κ2) is 7.59. The molecule has 0 fully saturated rings. The van der Waals surface area contributed by atoms with E-state index in [0.717, 1.165) is 5.56 Å². The van der Waals surface area contributed by atoms with Gasteiger partial charge in [0.25, 0.3) is 0 Å². The highest BCUT2D eigenvalue weighted by atomic mass is 32.2. The highest BCUT2D eigenvalue weighted by Gasteiger charge is 2.15. The van der Waals surface area contributed by atoms with Gasteiger partial charge in [0.05, 0.1) is 34.9 Å². The van der Waals surface area contributed by atoms with Crippen molar-refractivity contribution in [2.24, 2.45) is 7.05 Å². The topological polar surface area (TPSA) is 95.2 Å². The molecule has 0 radical (unpaired) electrons. The number of anilines is 2. The third-order valence-corrected chi connectivity index (χ3v) is 6.28. The van der Waals surface area contributed by atoms with E-state index in [9.17, 15) is 13.2 Å². The smallest absolute Gasteiger partial charge is 0.333 e. The number of sulfone groups is 1. The molecule has 8 nitrogen and oxygen atoms in total. The fraction of sp³-hybridized carbons (Fsp3) is 0.182. The van der Waals surface area contributed by atoms with Crippen molar-refractivity contribution in [3.63, 3.8) is 0 Å². The zero-order chi connectivity index (χ0) is 22.3. The van der Waals surface area contributed by atoms with Crippen molar-refractivity contribution in [3.05, 3.63) is 70.8 Å². The molecule has 0 saturated carbocycles. The molecule has 2 aromatic heterocycles. The number of nitrogens with one attached hydrogen (secondary N) is 1. The van der Waals surface area contributed by atoms with E-state index in [1.807, 2.05) is 19.1 Å². The maximum absolute atomic E-state index is 12.9. The third kappa shape index (κ3) is 3.79. The molecule has 4 aromatic rings. The van der Waals surface area contributed by atoms with Gasteiger partial charge in [-0.25, -0.2) is 18.2 Å². The number of ether oxygens (including phenoxy) is 1. The molecule has 2 heterocycles. The van der Waals surface area contributed by atoms with Gasteiger partial charge in [-0.3, -0.25) is 9.13 Å². The molecule has 0 unspecified atom stereocenters. The van der Waals surface area contributed by atoms with Crippen LogP contribution in [0.1, 0.15) is 5.56 Å². The molecule has 1 N–H and O–H groups in total. The van der Waals surface area contributed by atoms with Gasteiger partial charge in [0, 0.05) is 25.1 Å². The molecule has 0 aliphatic rings. The van der Waals surface area contributed by atoms with Gasteiger partial charge in [-0.15, -0.1) is 0 Å². The van der Waals surface area contributed by atoms with Crippen molar-refractivity contribution in [2.75, 3.05) is 18.7 Å². The number of imidazole rings is 1. The van der Waals surface area contributed by atoms with Crippen molar-refractivity contribution >= 4 is 32.4 Å². The SMILES string of the molecule is COc1ccc(-n2c(=O)n(C)c3cnc(Nc4cc(S(C)(=O)=O)ccc4C)cc32)cc1. The van der Waals surface area contributed by atoms with Crippen LogP contribution in [0.15, 0.2) is 64.4 Å². The number of hydrogen-bond acceptors (Lipinski definition) is 6. The van der Waals surface area contributed by atoms with Gasteiger partial charge in [-0.2, -0.15) is 0 Å². The van der Waals surface area contributed by atoms with Crippen molar-refractivity contribution < 1.29 is 13.2 Å². The van der Waals surface area contributed by atoms with Crippen LogP contribution in [0.5, 0.6) is 5.75 Å². The molecule has 0 amide bonds. The number of aromatic nitrogens is 3. The lowest BCUT2D eigenvalue weighted by Crippen LogP contribution is -2.20. The van der Waals surface area contributed by atoms with E-state index >= 15 is 0 Å². The second-order valence-corrected chi connectivity index (χ2v) is 9.32. The largest absolute Gasteiger partial charge is 0.497 e. The molecule has 2 aromatic carbocycles. The van der Waals surface area contributed by atoms with Gasteiger partial charge in [0.2, 0.25) is 0 Å². The van der Waals surface area contributed by atoms with Crippen molar-refractivity contribution in [2.45, 2.75) is 11.8 Å². The number of nitrogens with zero attached hydrogens (tertiary/aromatic N) is 3. The molecule has 160 valence electrons. The first-order valence-electron chi connectivity index (χ1n) is 9.48. The first-order chi connectivity index (χ1) is 14.7. The van der Waals surface area contributed by atoms with E-state index in [2.05, 4.69) is 10.3 Å². The number of benzene rings is 2. The minimum absolute atomic E-state index is 0.200. The molecule has 0 bridgehead atoms. The van der Waals surface area contributed by atoms with Crippen molar-refractivity contribution in [3.8, 4) is 11.4 Å². The number of methoxy groups -OCH3 is 1. The van der Waals surface area contributed by atoms with Crippen LogP contribution in [0.4, 0.5) is 11.5 Å². The summed E-state index contributed by atoms with van der Waals surface area (Å²) in [5, 5.41) is 3.18. The van der Waals surface area contributed by atoms with E-state index in [1.54, 1.807) is 61.3 Å². The summed E-state index contributed by atoms with van der Waals surface area (Å²) in [5.74, 6) is 1.19. The summed E-state index contributed by atoms with van der Waals surface area (Å²) in [6, 6.07) is 13.9. The van der Waals surface area contributed by atoms with Crippen LogP contribution in [0, 0.1) is 6.92 Å². The number of pyridine rings is 1. The van der Waals surface area contributed by atoms with E-state index in [-0.39, 0.29) is 10.6 Å². The molecule has 4 rings (SSSR count). The average molecular weight is 439 g/mol. The molecular formula is C22H22N4O4S. The Kier molecular flexibility index (Phi) is 5.06. The van der Waals surface area contributed by atoms with Gasteiger partial charge < -0.3 is 10.1 Å². The summed E-state index contributed by atoms with van der Waals surface area (Å²) in [4.78, 5) is 17.5. The fourth-order valence-electron chi connectivity index (χ4n) is 3.38. The quantitative estimate of drug-likeness (QED) is 0.514. The van der Waals surface area contributed by atoms with Crippen molar-refractivity contribution in [1.29, 1.82) is 0 Å². The van der Waals surface area contributed by atoms with Gasteiger partial charge in [-0.1, -0.05) is 6.07 Å². The normalized spacial score (nSPS) is 11.6. The predicted octanol–water partition coefficient (Wildman–Crippen LogP) is 3.19. The Labute approximate surface area is 179 Å². The first kappa shape index (κ1) is 20.7. The van der Waals surface area contributed by atoms with Crippen LogP contribution in [0.25, 0.3) is 16.7 Å². The van der Waals surface area contributed by atoms with E-state index in [0.29, 0.717) is 34.0 Å². The minimum Gasteiger partial charge on any atom is -0.497 e. The second-order valence-electron chi connectivity index (χ2n) is 7.31. The Morgan fingerprint density at radius 3 is 2.39 bits per heavy atom. The number of aryl methyl sites for hydroxylation is 2. The van der Waals surface area contributed by atoms with Gasteiger partial charge in [0.15, 0.2) is 9.84 Å². The Hall–Kier alpha value is -3.59. The van der Waals surface area contributed by atoms with Gasteiger partial charge >= 0.3 is 5.69 Å². The summed E-state index contributed by atoms with van der Waals surface area (Å²) < 4.78 is 32.2. The number of hydrogen-bond donors (Lipinski definition) is 1. The van der Waals surface area contributed by atoms with Crippen LogP contribution < -0.4 is 15.7 Å². The molecule has 0 aliphatic heterocycles. The lowest BCUT2D eigenvalue weighted by Gasteiger charge is -2.11. The molecule has 0 aliphatic carbocycles. The Morgan fingerprint density at radius 2 is 1.74 bits per heavy atom. The Bertz CT molecular complexity index is 1450. The van der Waals surface area contributed by atoms with Crippen LogP contribution in [0.2, 0.25) is 0 Å². The monoisotopic (exact) mass is 438 g/mol. The number of fused-ring (bicyclic) bond motifs is 1. The maximum Gasteiger partial charge on any atom is 0.333 e. The number of rotatable bonds is 5. The van der Waals surface area contributed by atoms with Gasteiger partial charge in [-0.05, 0) is 48.9 Å². The molecule has 0 saturated heterocycles. The van der Waals surface area contributed by atoms with Crippen LogP contribution >= 0.6 is 0 Å². The highest BCUT2D eigenvalue weighted by Crippen LogP contribution is 2.26. The predicted molar refractivity (Wildman–Crippen MR) is 120 cm³/mol. The third-order valence-electron chi connectivity index (χ3n) is 5.17. The van der Waals surface area contributed by atoms with Gasteiger partial charge in [0.1, 0.15) is 11.6 Å². The Balaban J connectivity index is 1.82. The molecule has 0 atom stereocenters. The van der Waals surface area contributed by atoms with Crippen LogP contribution in [-0.2, 0) is 16.9 Å². The zero-order valence-corrected chi connectivity index (χ0v) is 18.4. The highest BCUT2D eigenvalue weighted by molar-refractivity contribution is 7.90. The fourth-order valence-corrected chi connectivity index (χ4v) is 4.03. The average Bonchev–Trinajstić information content (AvgIpc) is 2.99. The summed E-state index contributed by atoms with van der Waals surface area (Å²) in [5.41, 5.74) is 3.34. The summed E-state index contributed by atoms with van der Waals surface area (Å²) >= 11 is 0. The molecule has 31 heavy (non-hydrogen) atoms. The van der Waals surface area contributed by atoms with E-state index < -0.39 is 9.84 Å². The Morgan fingerprint density at radius 1 is 1.03 bits per heavy atom. The van der Waals surface area contributed by atoms with E-state index in [1.165, 1.54) is 10.8 Å². The standard InChI is InChI=1S/C22H22N4O4S/c1-14-5-10-17(31(4,28)29)11-18(14)24-21-12-19-20(13-23-21)25(2)22(27)26(19)15-6-8-16(30-3)9-7-15/h5-13H,1-4H3,(H,23,24). The summed E-state index contributed by atoms with van der Waals surface area (Å²) in [6.07, 6.45) is 2.79. The molecule has 9 heteroatoms. The lowest BCUT2D eigenvalue weighted by atomic mass is 10.2.